The van der Waals surface area contributed by atoms with Crippen molar-refractivity contribution >= 4 is 68.3 Å². The minimum absolute atomic E-state index is 0. The molecule has 0 aliphatic heterocycles. The van der Waals surface area contributed by atoms with Gasteiger partial charge in [0.2, 0.25) is 0 Å². The van der Waals surface area contributed by atoms with Crippen molar-refractivity contribution in [2.24, 2.45) is 10.8 Å². The molecule has 4 unspecified atom stereocenters. The quantitative estimate of drug-likeness (QED) is 0.0636. The number of fused-ring (bicyclic) bond motifs is 8. The maximum absolute atomic E-state index is 6.01. The van der Waals surface area contributed by atoms with Crippen molar-refractivity contribution in [1.82, 2.24) is 0 Å². The van der Waals surface area contributed by atoms with Crippen LogP contribution in [0.15, 0.2) is 168 Å². The Morgan fingerprint density at radius 1 is 0.465 bits per heavy atom. The van der Waals surface area contributed by atoms with Crippen LogP contribution < -0.4 is 10.4 Å². The van der Waals surface area contributed by atoms with E-state index in [0.29, 0.717) is 10.8 Å². The number of unbranched alkanes of at least 4 members (excludes halogenated alkanes) is 3. The van der Waals surface area contributed by atoms with Gasteiger partial charge in [-0.2, -0.15) is 11.1 Å². The second kappa shape index (κ2) is 26.1. The normalized spacial score (nSPS) is 24.0. The van der Waals surface area contributed by atoms with Gasteiger partial charge < -0.3 is 19.6 Å². The summed E-state index contributed by atoms with van der Waals surface area (Å²) in [6, 6.07) is 45.8. The smallest absolute Gasteiger partial charge is 0.376 e. The number of rotatable bonds is 13. The predicted molar refractivity (Wildman–Crippen MR) is 382 cm³/mol. The number of ether oxygens (including phenoxy) is 1. The van der Waals surface area contributed by atoms with Gasteiger partial charge in [-0.3, -0.25) is 0 Å². The summed E-state index contributed by atoms with van der Waals surface area (Å²) in [5.74, 6) is 0. The third kappa shape index (κ3) is 13.3. The first-order chi connectivity index (χ1) is 39.7. The Morgan fingerprint density at radius 3 is 1.33 bits per heavy atom. The van der Waals surface area contributed by atoms with Crippen LogP contribution in [-0.4, -0.2) is 36.4 Å². The Bertz CT molecular complexity index is 3350. The zero-order valence-electron chi connectivity index (χ0n) is 55.5. The van der Waals surface area contributed by atoms with Gasteiger partial charge in [0, 0.05) is 52.5 Å². The minimum atomic E-state index is -2.04. The molecule has 0 saturated heterocycles. The van der Waals surface area contributed by atoms with E-state index in [9.17, 15) is 0 Å². The summed E-state index contributed by atoms with van der Waals surface area (Å²) < 4.78 is 6.01. The van der Waals surface area contributed by atoms with Crippen molar-refractivity contribution < 1.29 is 30.9 Å². The van der Waals surface area contributed by atoms with Crippen molar-refractivity contribution in [3.8, 4) is 0 Å². The fourth-order valence-electron chi connectivity index (χ4n) is 17.6. The van der Waals surface area contributed by atoms with Gasteiger partial charge >= 0.3 is 26.2 Å². The minimum Gasteiger partial charge on any atom is -0.376 e. The predicted octanol–water partition coefficient (Wildman–Crippen LogP) is 21.9. The standard InChI is InChI=1S/C37H56OSi3.C21H26.C21H18.2CH3.Zr/c1-37(2,3)38-23-17-11-12-18-24-41(10,35-25-29(27-39(4,5)6)31-19-13-15-21-33(31)35)36-26-30(28-40(7,8)9)32-20-14-16-22-34(32)36;2*1-3-7-18-16(5-1)9-11-20(18)13-14-21(15-20)12-10-17-6-2-4-8-19(17)21;;;/h13-16,19-22,25-26H,11-12,17-18,23-24,27-28H2,1-10H3;9-12H,1-8,13-15H2;1-12H,13-15H2;2*1H3;/q-2;;;2*-1;+4. The molecule has 0 amide bonds. The monoisotopic (exact) mass is 1270 g/mol. The molecule has 0 radical (unpaired) electrons. The molecule has 5 heteroatoms. The van der Waals surface area contributed by atoms with E-state index >= 15 is 0 Å². The summed E-state index contributed by atoms with van der Waals surface area (Å²) in [4.78, 5) is 0. The number of allylic oxidation sites excluding steroid dienone is 10. The van der Waals surface area contributed by atoms with Crippen molar-refractivity contribution in [3.63, 3.8) is 0 Å². The Kier molecular flexibility index (Phi) is 20.2. The molecule has 0 aromatic heterocycles. The van der Waals surface area contributed by atoms with E-state index in [4.69, 9.17) is 4.74 Å². The van der Waals surface area contributed by atoms with E-state index in [-0.39, 0.29) is 57.5 Å². The van der Waals surface area contributed by atoms with E-state index in [1.165, 1.54) is 160 Å². The van der Waals surface area contributed by atoms with Crippen LogP contribution in [0.4, 0.5) is 0 Å². The van der Waals surface area contributed by atoms with E-state index in [0.717, 1.165) is 13.0 Å². The average Bonchev–Trinajstić information content (AvgIpc) is 1.63. The molecule has 4 atom stereocenters. The molecule has 2 fully saturated rings. The molecule has 86 heavy (non-hydrogen) atoms. The number of benzene rings is 4. The van der Waals surface area contributed by atoms with Crippen LogP contribution in [0.5, 0.6) is 0 Å². The molecule has 0 N–H and O–H groups in total. The largest absolute Gasteiger partial charge is 4.00 e. The molecule has 8 aliphatic rings. The second-order valence-corrected chi connectivity index (χ2v) is 46.3. The summed E-state index contributed by atoms with van der Waals surface area (Å²) in [5, 5.41) is 9.47. The van der Waals surface area contributed by atoms with Crippen molar-refractivity contribution in [1.29, 1.82) is 0 Å². The molecular weight excluding hydrogens is 1160 g/mol. The van der Waals surface area contributed by atoms with Gasteiger partial charge in [-0.25, -0.2) is 0 Å². The van der Waals surface area contributed by atoms with Gasteiger partial charge in [-0.15, -0.1) is 80.4 Å². The number of hydrogen-bond acceptors (Lipinski definition) is 1. The van der Waals surface area contributed by atoms with Gasteiger partial charge in [0.05, 0.1) is 5.60 Å². The number of hydrogen-bond donors (Lipinski definition) is 0. The Hall–Kier alpha value is -3.97. The Balaban J connectivity index is 0.000000164. The summed E-state index contributed by atoms with van der Waals surface area (Å²) in [5.41, 5.74) is 17.7. The van der Waals surface area contributed by atoms with Gasteiger partial charge in [0.15, 0.2) is 0 Å². The molecule has 1 nitrogen and oxygen atoms in total. The van der Waals surface area contributed by atoms with E-state index in [1.807, 2.05) is 11.1 Å². The SMILES string of the molecule is C1=CC2(CCC3(C=CC4=C3CCCC4)C2)C2=C1CCCC2.C1=CC2(CCC3(C=Cc4ccccc43)C2)c2ccccc21.CC(C)(C)OCCCCCC[Si](C)([c-]1cc(C[Si](C)(C)C)c2ccccc21)[c-]1cc(C[Si](C)(C)C)c2ccccc21.[CH3-].[CH3-].[Zr+4]. The molecule has 4 spiro atoms. The molecule has 6 aromatic carbocycles. The molecule has 2 saturated carbocycles. The molecule has 0 heterocycles. The van der Waals surface area contributed by atoms with Crippen LogP contribution >= 0.6 is 0 Å². The topological polar surface area (TPSA) is 9.23 Å². The van der Waals surface area contributed by atoms with E-state index in [2.05, 4.69) is 224 Å². The van der Waals surface area contributed by atoms with Crippen LogP contribution in [0.1, 0.15) is 170 Å². The molecule has 14 rings (SSSR count). The first-order valence-electron chi connectivity index (χ1n) is 33.1. The first-order valence-corrected chi connectivity index (χ1v) is 43.2. The summed E-state index contributed by atoms with van der Waals surface area (Å²) in [7, 11) is -4.55. The van der Waals surface area contributed by atoms with E-state index in [1.54, 1.807) is 43.8 Å². The van der Waals surface area contributed by atoms with Crippen LogP contribution in [-0.2, 0) is 53.9 Å². The fraction of sp³-hybridized carbons (Fsp3) is 0.457. The maximum atomic E-state index is 6.01. The van der Waals surface area contributed by atoms with E-state index < -0.39 is 24.2 Å². The second-order valence-electron chi connectivity index (χ2n) is 31.1. The Labute approximate surface area is 545 Å². The van der Waals surface area contributed by atoms with Crippen LogP contribution in [0.25, 0.3) is 33.7 Å². The summed E-state index contributed by atoms with van der Waals surface area (Å²) in [6.07, 6.45) is 44.0. The molecule has 6 aromatic rings. The molecule has 452 valence electrons. The zero-order chi connectivity index (χ0) is 57.9. The van der Waals surface area contributed by atoms with Crippen LogP contribution in [0, 0.1) is 25.7 Å². The van der Waals surface area contributed by atoms with Gasteiger partial charge in [-0.05, 0) is 150 Å². The summed E-state index contributed by atoms with van der Waals surface area (Å²) in [6.45, 7) is 25.1. The molecule has 0 bridgehead atoms. The van der Waals surface area contributed by atoms with Crippen molar-refractivity contribution in [3.05, 3.63) is 216 Å². The zero-order valence-corrected chi connectivity index (χ0v) is 60.9. The van der Waals surface area contributed by atoms with Crippen LogP contribution in [0.2, 0.25) is 51.9 Å². The third-order valence-corrected chi connectivity index (χ3v) is 28.8. The van der Waals surface area contributed by atoms with Gasteiger partial charge in [0.1, 0.15) is 0 Å². The van der Waals surface area contributed by atoms with Gasteiger partial charge in [-0.1, -0.05) is 204 Å². The van der Waals surface area contributed by atoms with Crippen LogP contribution in [0.3, 0.4) is 0 Å². The van der Waals surface area contributed by atoms with Gasteiger partial charge in [0.25, 0.3) is 0 Å². The maximum Gasteiger partial charge on any atom is 4.00 e. The third-order valence-electron chi connectivity index (χ3n) is 21.4. The van der Waals surface area contributed by atoms with Crippen molar-refractivity contribution in [2.75, 3.05) is 6.61 Å². The first kappa shape index (κ1) is 66.5. The average molecular weight is 1270 g/mol. The Morgan fingerprint density at radius 2 is 0.860 bits per heavy atom. The molecular formula is C81H106OSi3Zr. The molecule has 8 aliphatic carbocycles. The summed E-state index contributed by atoms with van der Waals surface area (Å²) >= 11 is 0. The van der Waals surface area contributed by atoms with Crippen molar-refractivity contribution in [2.45, 2.75) is 217 Å². The fourth-order valence-corrected chi connectivity index (χ4v) is 24.9.